The van der Waals surface area contributed by atoms with E-state index in [9.17, 15) is 9.90 Å². The molecule has 0 bridgehead atoms. The lowest BCUT2D eigenvalue weighted by Crippen LogP contribution is -2.39. The van der Waals surface area contributed by atoms with E-state index in [2.05, 4.69) is 5.32 Å². The SMILES string of the molecule is CC(NCC(O)CC(=O)O)C1CCOC1. The number of carbonyl (C=O) groups is 1. The number of nitrogens with one attached hydrogen (secondary N) is 1. The van der Waals surface area contributed by atoms with E-state index in [-0.39, 0.29) is 12.5 Å². The molecule has 0 amide bonds. The molecule has 1 aliphatic heterocycles. The van der Waals surface area contributed by atoms with Crippen molar-refractivity contribution in [2.75, 3.05) is 19.8 Å². The third-order valence-corrected chi connectivity index (χ3v) is 2.76. The van der Waals surface area contributed by atoms with Gasteiger partial charge < -0.3 is 20.3 Å². The van der Waals surface area contributed by atoms with Gasteiger partial charge >= 0.3 is 5.97 Å². The second-order valence-electron chi connectivity index (χ2n) is 4.07. The minimum absolute atomic E-state index is 0.207. The predicted octanol–water partition coefficient (Wildman–Crippen LogP) is -0.163. The fourth-order valence-corrected chi connectivity index (χ4v) is 1.71. The van der Waals surface area contributed by atoms with Crippen molar-refractivity contribution in [3.63, 3.8) is 0 Å². The van der Waals surface area contributed by atoms with E-state index in [4.69, 9.17) is 9.84 Å². The van der Waals surface area contributed by atoms with Crippen LogP contribution in [0, 0.1) is 5.92 Å². The minimum Gasteiger partial charge on any atom is -0.481 e. The van der Waals surface area contributed by atoms with E-state index in [1.165, 1.54) is 0 Å². The highest BCUT2D eigenvalue weighted by Crippen LogP contribution is 2.16. The lowest BCUT2D eigenvalue weighted by Gasteiger charge is -2.20. The molecule has 1 fully saturated rings. The van der Waals surface area contributed by atoms with Gasteiger partial charge in [0.05, 0.1) is 19.1 Å². The molecule has 88 valence electrons. The van der Waals surface area contributed by atoms with Crippen LogP contribution in [0.3, 0.4) is 0 Å². The molecule has 0 aliphatic carbocycles. The number of hydrogen-bond donors (Lipinski definition) is 3. The number of hydrogen-bond acceptors (Lipinski definition) is 4. The van der Waals surface area contributed by atoms with Gasteiger partial charge in [-0.2, -0.15) is 0 Å². The first-order valence-electron chi connectivity index (χ1n) is 5.30. The van der Waals surface area contributed by atoms with Gasteiger partial charge in [-0.1, -0.05) is 0 Å². The molecule has 15 heavy (non-hydrogen) atoms. The molecule has 0 aromatic rings. The summed E-state index contributed by atoms with van der Waals surface area (Å²) in [5.41, 5.74) is 0. The molecular weight excluding hydrogens is 198 g/mol. The zero-order valence-corrected chi connectivity index (χ0v) is 8.98. The fourth-order valence-electron chi connectivity index (χ4n) is 1.71. The van der Waals surface area contributed by atoms with Crippen molar-refractivity contribution in [2.45, 2.75) is 31.9 Å². The van der Waals surface area contributed by atoms with E-state index < -0.39 is 12.1 Å². The molecule has 0 saturated carbocycles. The molecule has 3 unspecified atom stereocenters. The number of aliphatic carboxylic acids is 1. The Morgan fingerprint density at radius 3 is 2.93 bits per heavy atom. The van der Waals surface area contributed by atoms with Crippen LogP contribution in [0.5, 0.6) is 0 Å². The van der Waals surface area contributed by atoms with Crippen molar-refractivity contribution in [3.8, 4) is 0 Å². The van der Waals surface area contributed by atoms with Crippen LogP contribution < -0.4 is 5.32 Å². The number of aliphatic hydroxyl groups excluding tert-OH is 1. The Morgan fingerprint density at radius 1 is 1.67 bits per heavy atom. The first-order valence-corrected chi connectivity index (χ1v) is 5.30. The van der Waals surface area contributed by atoms with Crippen LogP contribution in [0.4, 0.5) is 0 Å². The Kier molecular flexibility index (Phi) is 5.01. The van der Waals surface area contributed by atoms with E-state index in [0.29, 0.717) is 12.5 Å². The van der Waals surface area contributed by atoms with Gasteiger partial charge in [0.2, 0.25) is 0 Å². The summed E-state index contributed by atoms with van der Waals surface area (Å²) in [4.78, 5) is 10.3. The van der Waals surface area contributed by atoms with Gasteiger partial charge in [0, 0.05) is 19.2 Å². The summed E-state index contributed by atoms with van der Waals surface area (Å²) in [5, 5.41) is 20.9. The number of ether oxygens (including phenoxy) is 1. The molecule has 0 aromatic carbocycles. The smallest absolute Gasteiger partial charge is 0.306 e. The minimum atomic E-state index is -0.971. The van der Waals surface area contributed by atoms with Crippen LogP contribution in [-0.4, -0.2) is 48.1 Å². The summed E-state index contributed by atoms with van der Waals surface area (Å²) >= 11 is 0. The summed E-state index contributed by atoms with van der Waals surface area (Å²) in [5.74, 6) is -0.497. The maximum Gasteiger partial charge on any atom is 0.306 e. The van der Waals surface area contributed by atoms with E-state index in [1.807, 2.05) is 6.92 Å². The number of carboxylic acid groups (broad SMARTS) is 1. The van der Waals surface area contributed by atoms with Gasteiger partial charge in [-0.05, 0) is 19.3 Å². The summed E-state index contributed by atoms with van der Waals surface area (Å²) in [6.45, 7) is 3.91. The lowest BCUT2D eigenvalue weighted by atomic mass is 10.0. The van der Waals surface area contributed by atoms with Gasteiger partial charge in [-0.3, -0.25) is 4.79 Å². The molecule has 0 radical (unpaired) electrons. The maximum absolute atomic E-state index is 10.3. The predicted molar refractivity (Wildman–Crippen MR) is 54.7 cm³/mol. The van der Waals surface area contributed by atoms with E-state index in [0.717, 1.165) is 19.6 Å². The first-order chi connectivity index (χ1) is 7.09. The molecule has 1 aliphatic rings. The standard InChI is InChI=1S/C10H19NO4/c1-7(8-2-3-15-6-8)11-5-9(12)4-10(13)14/h7-9,11-12H,2-6H2,1H3,(H,13,14). The monoisotopic (exact) mass is 217 g/mol. The fraction of sp³-hybridized carbons (Fsp3) is 0.900. The summed E-state index contributed by atoms with van der Waals surface area (Å²) in [6.07, 6.45) is 0.0108. The topological polar surface area (TPSA) is 78.8 Å². The van der Waals surface area contributed by atoms with Gasteiger partial charge in [0.25, 0.3) is 0 Å². The molecule has 1 heterocycles. The summed E-state index contributed by atoms with van der Waals surface area (Å²) in [6, 6.07) is 0.260. The Labute approximate surface area is 89.4 Å². The van der Waals surface area contributed by atoms with Crippen molar-refractivity contribution < 1.29 is 19.7 Å². The van der Waals surface area contributed by atoms with Crippen molar-refractivity contribution in [2.24, 2.45) is 5.92 Å². The maximum atomic E-state index is 10.3. The molecule has 3 N–H and O–H groups in total. The second kappa shape index (κ2) is 6.05. The Bertz CT molecular complexity index is 204. The van der Waals surface area contributed by atoms with Gasteiger partial charge in [-0.15, -0.1) is 0 Å². The zero-order chi connectivity index (χ0) is 11.3. The molecule has 3 atom stereocenters. The lowest BCUT2D eigenvalue weighted by molar-refractivity contribution is -0.139. The molecule has 0 spiro atoms. The van der Waals surface area contributed by atoms with Crippen molar-refractivity contribution in [3.05, 3.63) is 0 Å². The summed E-state index contributed by atoms with van der Waals surface area (Å²) in [7, 11) is 0. The zero-order valence-electron chi connectivity index (χ0n) is 8.98. The quantitative estimate of drug-likeness (QED) is 0.576. The van der Waals surface area contributed by atoms with Gasteiger partial charge in [0.15, 0.2) is 0 Å². The average molecular weight is 217 g/mol. The number of rotatable bonds is 6. The Balaban J connectivity index is 2.15. The summed E-state index contributed by atoms with van der Waals surface area (Å²) < 4.78 is 5.25. The molecule has 5 nitrogen and oxygen atoms in total. The Morgan fingerprint density at radius 2 is 2.40 bits per heavy atom. The third-order valence-electron chi connectivity index (χ3n) is 2.76. The van der Waals surface area contributed by atoms with Gasteiger partial charge in [0.1, 0.15) is 0 Å². The largest absolute Gasteiger partial charge is 0.481 e. The molecule has 0 aromatic heterocycles. The normalized spacial score (nSPS) is 25.1. The van der Waals surface area contributed by atoms with Crippen molar-refractivity contribution >= 4 is 5.97 Å². The first kappa shape index (κ1) is 12.4. The third kappa shape index (κ3) is 4.59. The van der Waals surface area contributed by atoms with E-state index >= 15 is 0 Å². The highest BCUT2D eigenvalue weighted by atomic mass is 16.5. The van der Waals surface area contributed by atoms with Crippen LogP contribution in [0.1, 0.15) is 19.8 Å². The second-order valence-corrected chi connectivity index (χ2v) is 4.07. The number of carboxylic acids is 1. The highest BCUT2D eigenvalue weighted by Gasteiger charge is 2.22. The van der Waals surface area contributed by atoms with Crippen LogP contribution in [0.2, 0.25) is 0 Å². The highest BCUT2D eigenvalue weighted by molar-refractivity contribution is 5.67. The van der Waals surface area contributed by atoms with E-state index in [1.54, 1.807) is 0 Å². The van der Waals surface area contributed by atoms with Gasteiger partial charge in [-0.25, -0.2) is 0 Å². The average Bonchev–Trinajstić information content (AvgIpc) is 2.65. The van der Waals surface area contributed by atoms with Crippen LogP contribution in [0.15, 0.2) is 0 Å². The molecule has 1 saturated heterocycles. The number of aliphatic hydroxyl groups is 1. The van der Waals surface area contributed by atoms with Crippen molar-refractivity contribution in [1.82, 2.24) is 5.32 Å². The van der Waals surface area contributed by atoms with Crippen molar-refractivity contribution in [1.29, 1.82) is 0 Å². The molecule has 1 rings (SSSR count). The molecular formula is C10H19NO4. The van der Waals surface area contributed by atoms with Crippen LogP contribution in [0.25, 0.3) is 0 Å². The van der Waals surface area contributed by atoms with Crippen LogP contribution in [-0.2, 0) is 9.53 Å². The Hall–Kier alpha value is -0.650. The molecule has 5 heteroatoms. The van der Waals surface area contributed by atoms with Crippen LogP contribution >= 0.6 is 0 Å².